The maximum atomic E-state index is 14.2. The lowest BCUT2D eigenvalue weighted by Crippen LogP contribution is -2.70. The number of aromatic hydroxyl groups is 1. The van der Waals surface area contributed by atoms with Crippen LogP contribution < -0.4 is 21.3 Å². The molecule has 1 aliphatic carbocycles. The van der Waals surface area contributed by atoms with E-state index < -0.39 is 84.2 Å². The lowest BCUT2D eigenvalue weighted by Gasteiger charge is -2.60. The fourth-order valence-electron chi connectivity index (χ4n) is 12.9. The Labute approximate surface area is 490 Å². The van der Waals surface area contributed by atoms with E-state index in [1.54, 1.807) is 18.2 Å². The number of hydrogen-bond donors (Lipinski definition) is 7. The molecule has 4 unspecified atom stereocenters. The predicted molar refractivity (Wildman–Crippen MR) is 305 cm³/mol. The zero-order chi connectivity index (χ0) is 59.4. The summed E-state index contributed by atoms with van der Waals surface area (Å²) >= 11 is 0. The first-order valence-electron chi connectivity index (χ1n) is 31.5. The van der Waals surface area contributed by atoms with Crippen LogP contribution in [0.4, 0.5) is 0 Å². The zero-order valence-corrected chi connectivity index (χ0v) is 49.8. The summed E-state index contributed by atoms with van der Waals surface area (Å²) in [6.07, 6.45) is 21.1. The summed E-state index contributed by atoms with van der Waals surface area (Å²) in [5.74, 6) is -4.21. The molecule has 83 heavy (non-hydrogen) atoms. The van der Waals surface area contributed by atoms with Crippen molar-refractivity contribution in [2.24, 2.45) is 28.7 Å². The Kier molecular flexibility index (Phi) is 25.7. The Bertz CT molecular complexity index is 2310. The Morgan fingerprint density at radius 3 is 2.25 bits per heavy atom. The van der Waals surface area contributed by atoms with Gasteiger partial charge in [0.15, 0.2) is 24.2 Å². The van der Waals surface area contributed by atoms with Crippen molar-refractivity contribution in [2.45, 2.75) is 249 Å². The van der Waals surface area contributed by atoms with Crippen LogP contribution in [0.25, 0.3) is 0 Å². The molecule has 466 valence electrons. The van der Waals surface area contributed by atoms with E-state index in [0.717, 1.165) is 38.5 Å². The summed E-state index contributed by atoms with van der Waals surface area (Å²) in [7, 11) is 0. The predicted octanol–water partition coefficient (Wildman–Crippen LogP) is 7.77. The summed E-state index contributed by atoms with van der Waals surface area (Å²) in [5.41, 5.74) is -0.466. The second-order valence-corrected chi connectivity index (χ2v) is 24.3. The molecule has 12 atom stereocenters. The number of nitrogens with zero attached hydrogens (tertiary/aromatic N) is 3. The summed E-state index contributed by atoms with van der Waals surface area (Å²) < 4.78 is 25.0. The van der Waals surface area contributed by atoms with E-state index in [1.165, 1.54) is 70.3 Å². The van der Waals surface area contributed by atoms with E-state index in [2.05, 4.69) is 47.0 Å². The molecular formula is C61H97N7O15. The Morgan fingerprint density at radius 2 is 1.53 bits per heavy atom. The summed E-state index contributed by atoms with van der Waals surface area (Å²) in [6, 6.07) is 1.60. The number of carbonyl (C=O) groups excluding carboxylic acids is 6. The third-order valence-corrected chi connectivity index (χ3v) is 17.9. The van der Waals surface area contributed by atoms with Gasteiger partial charge in [0.25, 0.3) is 5.91 Å². The van der Waals surface area contributed by atoms with Gasteiger partial charge in [0.1, 0.15) is 30.5 Å². The number of amides is 6. The van der Waals surface area contributed by atoms with Crippen molar-refractivity contribution in [1.82, 2.24) is 31.4 Å². The van der Waals surface area contributed by atoms with Crippen molar-refractivity contribution in [1.29, 1.82) is 0 Å². The topological polar surface area (TPSA) is 285 Å². The number of benzene rings is 1. The fourth-order valence-corrected chi connectivity index (χ4v) is 12.9. The van der Waals surface area contributed by atoms with Crippen LogP contribution in [0.3, 0.4) is 0 Å². The number of fused-ring (bicyclic) bond motifs is 2. The van der Waals surface area contributed by atoms with Gasteiger partial charge in [0, 0.05) is 50.7 Å². The average Bonchev–Trinajstić information content (AvgIpc) is 1.88. The number of hydroxylamine groups is 4. The molecule has 2 bridgehead atoms. The first kappa shape index (κ1) is 65.6. The molecule has 22 nitrogen and oxygen atoms in total. The van der Waals surface area contributed by atoms with Crippen LogP contribution in [0.15, 0.2) is 29.3 Å². The molecule has 7 N–H and O–H groups in total. The van der Waals surface area contributed by atoms with Gasteiger partial charge in [0.05, 0.1) is 12.2 Å². The van der Waals surface area contributed by atoms with Gasteiger partial charge in [-0.2, -0.15) is 0 Å². The molecular weight excluding hydrogens is 1070 g/mol. The third kappa shape index (κ3) is 18.3. The van der Waals surface area contributed by atoms with Gasteiger partial charge in [-0.1, -0.05) is 116 Å². The summed E-state index contributed by atoms with van der Waals surface area (Å²) in [6.45, 7) is 8.02. The number of rotatable bonds is 34. The van der Waals surface area contributed by atoms with E-state index in [4.69, 9.17) is 28.7 Å². The smallest absolute Gasteiger partial charge is 0.268 e. The molecule has 0 radical (unpaired) electrons. The van der Waals surface area contributed by atoms with Gasteiger partial charge in [-0.3, -0.25) is 39.2 Å². The molecule has 1 spiro atoms. The van der Waals surface area contributed by atoms with Gasteiger partial charge < -0.3 is 45.3 Å². The number of phenols is 1. The van der Waals surface area contributed by atoms with Gasteiger partial charge in [-0.05, 0) is 102 Å². The molecule has 1 aromatic carbocycles. The van der Waals surface area contributed by atoms with Crippen molar-refractivity contribution < 1.29 is 73.0 Å². The normalized spacial score (nSPS) is 28.1. The van der Waals surface area contributed by atoms with Crippen molar-refractivity contribution in [3.8, 4) is 5.75 Å². The minimum Gasteiger partial charge on any atom is -0.507 e. The molecule has 6 amide bonds. The molecule has 6 fully saturated rings. The molecule has 0 aromatic heterocycles. The molecule has 1 aromatic rings. The first-order chi connectivity index (χ1) is 40.0. The molecule has 8 rings (SSSR count). The van der Waals surface area contributed by atoms with Crippen LogP contribution in [0, 0.1) is 23.7 Å². The number of aliphatic imine (C=N–C) groups is 1. The number of unbranched alkanes of at least 4 members (excludes halogenated alkanes) is 14. The second-order valence-electron chi connectivity index (χ2n) is 24.3. The first-order valence-corrected chi connectivity index (χ1v) is 31.5. The Balaban J connectivity index is 0.919. The lowest BCUT2D eigenvalue weighted by molar-refractivity contribution is -0.577. The van der Waals surface area contributed by atoms with E-state index in [0.29, 0.717) is 47.3 Å². The Morgan fingerprint density at radius 1 is 0.819 bits per heavy atom. The van der Waals surface area contributed by atoms with Gasteiger partial charge in [0.2, 0.25) is 41.2 Å². The van der Waals surface area contributed by atoms with Crippen molar-refractivity contribution in [2.75, 3.05) is 32.8 Å². The van der Waals surface area contributed by atoms with Crippen molar-refractivity contribution in [3.05, 3.63) is 29.8 Å². The highest BCUT2D eigenvalue weighted by atomic mass is 17.3. The second kappa shape index (κ2) is 32.5. The average molecular weight is 1170 g/mol. The molecule has 6 heterocycles. The fraction of sp³-hybridized carbons (Fsp3) is 0.787. The van der Waals surface area contributed by atoms with Crippen molar-refractivity contribution in [3.63, 3.8) is 0 Å². The maximum absolute atomic E-state index is 14.2. The highest BCUT2D eigenvalue weighted by Gasteiger charge is 2.69. The number of hydrogen-bond acceptors (Lipinski definition) is 16. The number of para-hydroxylation sites is 1. The van der Waals surface area contributed by atoms with Crippen LogP contribution >= 0.6 is 0 Å². The standard InChI is InChI=1S/C61H97N7O15/c1-5-6-7-8-9-10-11-12-13-14-15-16-17-18-31-52(71)67(76)36-23-21-27-46(64-55(74)49-40-79-56(66-49)43-26-19-20-29-50(43)69)53(72)62-39-48(54(73)65-47-28-22-24-37-68(77)57(47)75)63-51(70)30-25-38-78-58-42(3)45-33-32-41(2)44-34-35-60(4)81-59(80-58)61(44,45)83-82-60/h19-20,26,29,41-42,44-49,58-59,69,76-77H,5-18,21-25,27-28,30-40H2,1-4H3,(H,62,72)(H,63,70)(H,64,74)(H,65,73)/t41-,42-,44?,45?,46+,47+,48+,49+,58+,59?,60?,61-/m1/s1. The van der Waals surface area contributed by atoms with E-state index in [-0.39, 0.29) is 107 Å². The quantitative estimate of drug-likeness (QED) is 0.0150. The number of phenolic OH excluding ortho intramolecular Hbond substituents is 1. The molecule has 1 saturated carbocycles. The number of carbonyl (C=O) groups is 6. The third-order valence-electron chi connectivity index (χ3n) is 17.9. The van der Waals surface area contributed by atoms with Gasteiger partial charge >= 0.3 is 0 Å². The minimum atomic E-state index is -1.40. The van der Waals surface area contributed by atoms with Crippen LogP contribution in [0.1, 0.15) is 207 Å². The minimum absolute atomic E-state index is 0.00136. The highest BCUT2D eigenvalue weighted by Crippen LogP contribution is 2.60. The van der Waals surface area contributed by atoms with E-state index in [9.17, 15) is 44.3 Å². The molecule has 7 aliphatic rings. The lowest BCUT2D eigenvalue weighted by atomic mass is 9.58. The van der Waals surface area contributed by atoms with Gasteiger partial charge in [-0.15, -0.1) is 0 Å². The zero-order valence-electron chi connectivity index (χ0n) is 49.8. The van der Waals surface area contributed by atoms with E-state index >= 15 is 0 Å². The Hall–Kier alpha value is -4.97. The summed E-state index contributed by atoms with van der Waals surface area (Å²) in [5, 5.41) is 43.5. The molecule has 6 aliphatic heterocycles. The number of ether oxygens (including phenoxy) is 4. The SMILES string of the molecule is CCCCCCCCCCCCCCCCC(=O)N(O)CCCC[C@H](NC(=O)[C@@H]1COC(c2ccccc2O)=N1)C(=O)NC[C@H](NC(=O)CCCO[C@H]1OC2OC3(C)CCC4[C@H](C)CCC([C@H]1C)[C@@]24OO3)C(=O)N[C@H]1CCCCN(O)C1=O. The highest BCUT2D eigenvalue weighted by molar-refractivity contribution is 6.01. The monoisotopic (exact) mass is 1170 g/mol. The van der Waals surface area contributed by atoms with Crippen molar-refractivity contribution >= 4 is 41.3 Å². The van der Waals surface area contributed by atoms with Crippen LogP contribution in [-0.2, 0) is 57.5 Å². The maximum Gasteiger partial charge on any atom is 0.268 e. The van der Waals surface area contributed by atoms with Gasteiger partial charge in [-0.25, -0.2) is 24.9 Å². The van der Waals surface area contributed by atoms with Crippen LogP contribution in [0.2, 0.25) is 0 Å². The number of nitrogens with one attached hydrogen (secondary N) is 4. The van der Waals surface area contributed by atoms with Crippen LogP contribution in [0.5, 0.6) is 5.75 Å². The van der Waals surface area contributed by atoms with Crippen LogP contribution in [-0.4, -0.2) is 148 Å². The molecule has 22 heteroatoms. The van der Waals surface area contributed by atoms with E-state index in [1.807, 2.05) is 6.92 Å². The molecule has 5 saturated heterocycles. The summed E-state index contributed by atoms with van der Waals surface area (Å²) in [4.78, 5) is 98.3. The largest absolute Gasteiger partial charge is 0.507 e.